The van der Waals surface area contributed by atoms with Gasteiger partial charge < -0.3 is 15.3 Å². The summed E-state index contributed by atoms with van der Waals surface area (Å²) < 4.78 is 0. The maximum absolute atomic E-state index is 10.1. The van der Waals surface area contributed by atoms with Gasteiger partial charge in [-0.05, 0) is 33.6 Å². The topological polar surface area (TPSA) is 60.7 Å². The molecule has 0 spiro atoms. The summed E-state index contributed by atoms with van der Waals surface area (Å²) in [7, 11) is 0. The number of aliphatic hydroxyl groups excluding tert-OH is 1. The lowest BCUT2D eigenvalue weighted by molar-refractivity contribution is -0.0409. The van der Waals surface area contributed by atoms with Gasteiger partial charge in [0.1, 0.15) is 0 Å². The van der Waals surface area contributed by atoms with Crippen LogP contribution in [0.3, 0.4) is 0 Å². The summed E-state index contributed by atoms with van der Waals surface area (Å²) >= 11 is 0. The van der Waals surface area contributed by atoms with Crippen LogP contribution in [0.15, 0.2) is 0 Å². The minimum atomic E-state index is -0.798. The Labute approximate surface area is 112 Å². The normalized spacial score (nSPS) is 15.7. The number of unbranched alkanes of at least 4 members (excludes halogenated alkanes) is 6. The van der Waals surface area contributed by atoms with Crippen molar-refractivity contribution in [1.29, 1.82) is 0 Å². The van der Waals surface area contributed by atoms with Crippen molar-refractivity contribution in [3.8, 4) is 0 Å². The number of aliphatic hydroxyl groups is 3. The van der Waals surface area contributed by atoms with Gasteiger partial charge in [0.15, 0.2) is 0 Å². The van der Waals surface area contributed by atoms with Crippen LogP contribution in [0.5, 0.6) is 0 Å². The summed E-state index contributed by atoms with van der Waals surface area (Å²) in [5, 5.41) is 28.5. The Hall–Kier alpha value is -0.120. The number of rotatable bonds is 11. The van der Waals surface area contributed by atoms with Gasteiger partial charge in [-0.25, -0.2) is 0 Å². The molecule has 0 saturated heterocycles. The monoisotopic (exact) mass is 260 g/mol. The molecule has 0 radical (unpaired) electrons. The average molecular weight is 260 g/mol. The molecule has 110 valence electrons. The fourth-order valence-electron chi connectivity index (χ4n) is 2.52. The second kappa shape index (κ2) is 8.89. The SMILES string of the molecule is CC(C)(O)CC(C)(O)CCCCCCCCCO. The molecule has 1 atom stereocenters. The molecule has 0 bridgehead atoms. The fraction of sp³-hybridized carbons (Fsp3) is 1.00. The van der Waals surface area contributed by atoms with E-state index in [1.165, 1.54) is 19.3 Å². The molecule has 0 aromatic rings. The van der Waals surface area contributed by atoms with E-state index in [4.69, 9.17) is 5.11 Å². The van der Waals surface area contributed by atoms with Crippen molar-refractivity contribution in [2.75, 3.05) is 6.61 Å². The summed E-state index contributed by atoms with van der Waals surface area (Å²) in [5.41, 5.74) is -1.55. The van der Waals surface area contributed by atoms with Crippen LogP contribution in [-0.2, 0) is 0 Å². The van der Waals surface area contributed by atoms with Gasteiger partial charge in [-0.1, -0.05) is 38.5 Å². The molecule has 0 saturated carbocycles. The maximum Gasteiger partial charge on any atom is 0.0646 e. The van der Waals surface area contributed by atoms with Crippen LogP contribution in [0.25, 0.3) is 0 Å². The highest BCUT2D eigenvalue weighted by molar-refractivity contribution is 4.81. The second-order valence-corrected chi connectivity index (χ2v) is 6.43. The maximum atomic E-state index is 10.1. The highest BCUT2D eigenvalue weighted by Crippen LogP contribution is 2.25. The van der Waals surface area contributed by atoms with E-state index in [2.05, 4.69) is 0 Å². The minimum Gasteiger partial charge on any atom is -0.396 e. The first-order valence-electron chi connectivity index (χ1n) is 7.32. The van der Waals surface area contributed by atoms with Crippen LogP contribution in [0, 0.1) is 0 Å². The molecule has 0 aromatic heterocycles. The Morgan fingerprint density at radius 1 is 0.722 bits per heavy atom. The van der Waals surface area contributed by atoms with E-state index in [-0.39, 0.29) is 0 Å². The van der Waals surface area contributed by atoms with Crippen molar-refractivity contribution in [2.45, 2.75) is 89.8 Å². The van der Waals surface area contributed by atoms with Gasteiger partial charge in [-0.15, -0.1) is 0 Å². The van der Waals surface area contributed by atoms with Crippen molar-refractivity contribution in [2.24, 2.45) is 0 Å². The Bertz CT molecular complexity index is 194. The smallest absolute Gasteiger partial charge is 0.0646 e. The highest BCUT2D eigenvalue weighted by atomic mass is 16.3. The van der Waals surface area contributed by atoms with Crippen LogP contribution in [-0.4, -0.2) is 33.1 Å². The second-order valence-electron chi connectivity index (χ2n) is 6.43. The number of hydrogen-bond acceptors (Lipinski definition) is 3. The molecule has 18 heavy (non-hydrogen) atoms. The van der Waals surface area contributed by atoms with Gasteiger partial charge in [0, 0.05) is 13.0 Å². The first-order valence-corrected chi connectivity index (χ1v) is 7.32. The van der Waals surface area contributed by atoms with Crippen molar-refractivity contribution >= 4 is 0 Å². The van der Waals surface area contributed by atoms with E-state index in [0.29, 0.717) is 13.0 Å². The van der Waals surface area contributed by atoms with Crippen molar-refractivity contribution in [3.63, 3.8) is 0 Å². The largest absolute Gasteiger partial charge is 0.396 e. The third-order valence-electron chi connectivity index (χ3n) is 3.19. The van der Waals surface area contributed by atoms with E-state index < -0.39 is 11.2 Å². The molecule has 1 unspecified atom stereocenters. The van der Waals surface area contributed by atoms with Gasteiger partial charge in [0.25, 0.3) is 0 Å². The van der Waals surface area contributed by atoms with E-state index in [1.807, 2.05) is 6.92 Å². The molecule has 0 aliphatic rings. The van der Waals surface area contributed by atoms with Crippen molar-refractivity contribution in [1.82, 2.24) is 0 Å². The summed E-state index contributed by atoms with van der Waals surface area (Å²) in [6.07, 6.45) is 8.99. The first-order chi connectivity index (χ1) is 8.27. The van der Waals surface area contributed by atoms with Crippen molar-refractivity contribution < 1.29 is 15.3 Å². The molecule has 3 heteroatoms. The van der Waals surface area contributed by atoms with E-state index in [0.717, 1.165) is 32.1 Å². The lowest BCUT2D eigenvalue weighted by Gasteiger charge is -2.30. The zero-order valence-corrected chi connectivity index (χ0v) is 12.4. The summed E-state index contributed by atoms with van der Waals surface area (Å²) in [6.45, 7) is 5.59. The molecule has 0 rings (SSSR count). The van der Waals surface area contributed by atoms with Crippen LogP contribution >= 0.6 is 0 Å². The lowest BCUT2D eigenvalue weighted by atomic mass is 9.87. The minimum absolute atomic E-state index is 0.305. The predicted octanol–water partition coefficient (Wildman–Crippen LogP) is 3.01. The van der Waals surface area contributed by atoms with Gasteiger partial charge in [0.05, 0.1) is 11.2 Å². The summed E-state index contributed by atoms with van der Waals surface area (Å²) in [6, 6.07) is 0. The Kier molecular flexibility index (Phi) is 8.83. The van der Waals surface area contributed by atoms with Gasteiger partial charge in [-0.2, -0.15) is 0 Å². The Morgan fingerprint density at radius 3 is 1.61 bits per heavy atom. The molecule has 3 N–H and O–H groups in total. The zero-order valence-electron chi connectivity index (χ0n) is 12.4. The summed E-state index contributed by atoms with van der Waals surface area (Å²) in [5.74, 6) is 0. The van der Waals surface area contributed by atoms with Crippen LogP contribution < -0.4 is 0 Å². The van der Waals surface area contributed by atoms with Gasteiger partial charge in [-0.3, -0.25) is 0 Å². The lowest BCUT2D eigenvalue weighted by Crippen LogP contribution is -2.35. The molecule has 0 aliphatic heterocycles. The zero-order chi connectivity index (χ0) is 14.1. The number of hydrogen-bond donors (Lipinski definition) is 3. The third-order valence-corrected chi connectivity index (χ3v) is 3.19. The van der Waals surface area contributed by atoms with Crippen molar-refractivity contribution in [3.05, 3.63) is 0 Å². The van der Waals surface area contributed by atoms with Crippen LogP contribution in [0.1, 0.15) is 78.6 Å². The molecule has 3 nitrogen and oxygen atoms in total. The molecule has 0 amide bonds. The van der Waals surface area contributed by atoms with E-state index in [9.17, 15) is 10.2 Å². The molecule has 0 aliphatic carbocycles. The molecule has 0 aromatic carbocycles. The highest BCUT2D eigenvalue weighted by Gasteiger charge is 2.28. The van der Waals surface area contributed by atoms with Gasteiger partial charge in [0.2, 0.25) is 0 Å². The Morgan fingerprint density at radius 2 is 1.17 bits per heavy atom. The third kappa shape index (κ3) is 12.3. The first kappa shape index (κ1) is 17.9. The predicted molar refractivity (Wildman–Crippen MR) is 75.6 cm³/mol. The van der Waals surface area contributed by atoms with E-state index in [1.54, 1.807) is 13.8 Å². The molecule has 0 fully saturated rings. The molecule has 0 heterocycles. The molecular formula is C15H32O3. The summed E-state index contributed by atoms with van der Waals surface area (Å²) in [4.78, 5) is 0. The van der Waals surface area contributed by atoms with Crippen LogP contribution in [0.4, 0.5) is 0 Å². The van der Waals surface area contributed by atoms with Gasteiger partial charge >= 0.3 is 0 Å². The standard InChI is InChI=1S/C15H32O3/c1-14(2,17)13-15(3,18)11-9-7-5-4-6-8-10-12-16/h16-18H,4-13H2,1-3H3. The average Bonchev–Trinajstić information content (AvgIpc) is 2.18. The van der Waals surface area contributed by atoms with Crippen LogP contribution in [0.2, 0.25) is 0 Å². The Balaban J connectivity index is 3.47. The quantitative estimate of drug-likeness (QED) is 0.500. The molecular weight excluding hydrogens is 228 g/mol. The van der Waals surface area contributed by atoms with E-state index >= 15 is 0 Å². The fourth-order valence-corrected chi connectivity index (χ4v) is 2.52.